The Morgan fingerprint density at radius 3 is 2.82 bits per heavy atom. The summed E-state index contributed by atoms with van der Waals surface area (Å²) in [4.78, 5) is 23.9. The predicted octanol–water partition coefficient (Wildman–Crippen LogP) is 3.86. The fourth-order valence-corrected chi connectivity index (χ4v) is 4.20. The van der Waals surface area contributed by atoms with E-state index < -0.39 is 6.04 Å². The van der Waals surface area contributed by atoms with E-state index in [1.165, 1.54) is 11.1 Å². The fraction of sp³-hybridized carbons (Fsp3) is 0.333. The number of nitrogens with zero attached hydrogens (tertiary/aromatic N) is 3. The summed E-state index contributed by atoms with van der Waals surface area (Å²) in [6.45, 7) is 1.78. The van der Waals surface area contributed by atoms with Crippen LogP contribution in [0.15, 0.2) is 47.6 Å². The van der Waals surface area contributed by atoms with E-state index in [2.05, 4.69) is 5.10 Å². The summed E-state index contributed by atoms with van der Waals surface area (Å²) in [6, 6.07) is 12.1. The van der Waals surface area contributed by atoms with E-state index in [0.717, 1.165) is 35.4 Å². The Morgan fingerprint density at radius 2 is 2.11 bits per heavy atom. The number of fused-ring (bicyclic) bond motifs is 3. The van der Waals surface area contributed by atoms with Crippen LogP contribution >= 0.6 is 0 Å². The molecule has 2 atom stereocenters. The Kier molecular flexibility index (Phi) is 4.58. The van der Waals surface area contributed by atoms with Crippen LogP contribution in [0.1, 0.15) is 42.5 Å². The van der Waals surface area contributed by atoms with E-state index >= 15 is 0 Å². The number of ether oxygens (including phenoxy) is 1. The lowest BCUT2D eigenvalue weighted by atomic mass is 9.77. The number of hydrazone groups is 1. The van der Waals surface area contributed by atoms with Gasteiger partial charge in [0.15, 0.2) is 0 Å². The van der Waals surface area contributed by atoms with E-state index in [1.807, 2.05) is 18.2 Å². The summed E-state index contributed by atoms with van der Waals surface area (Å²) < 4.78 is 5.36. The average molecular weight is 379 g/mol. The van der Waals surface area contributed by atoms with Crippen molar-refractivity contribution in [2.45, 2.75) is 32.2 Å². The number of hydrogen-bond donors (Lipinski definition) is 0. The molecule has 2 aromatic rings. The Bertz CT molecular complexity index is 985. The van der Waals surface area contributed by atoms with Crippen LogP contribution in [-0.4, -0.2) is 28.7 Å². The Balaban J connectivity index is 1.86. The molecule has 7 heteroatoms. The maximum absolute atomic E-state index is 12.7. The van der Waals surface area contributed by atoms with Gasteiger partial charge in [-0.15, -0.1) is 0 Å². The van der Waals surface area contributed by atoms with Gasteiger partial charge in [0.05, 0.1) is 29.4 Å². The van der Waals surface area contributed by atoms with Crippen LogP contribution in [0.5, 0.6) is 5.75 Å². The molecule has 0 fully saturated rings. The van der Waals surface area contributed by atoms with E-state index in [9.17, 15) is 14.9 Å². The summed E-state index contributed by atoms with van der Waals surface area (Å²) >= 11 is 0. The van der Waals surface area contributed by atoms with Gasteiger partial charge in [0.1, 0.15) is 5.75 Å². The maximum Gasteiger partial charge on any atom is 0.274 e. The molecule has 144 valence electrons. The molecule has 4 rings (SSSR count). The van der Waals surface area contributed by atoms with Crippen LogP contribution in [-0.2, 0) is 11.2 Å². The molecule has 0 saturated heterocycles. The summed E-state index contributed by atoms with van der Waals surface area (Å²) in [5.41, 5.74) is 3.48. The highest BCUT2D eigenvalue weighted by Crippen LogP contribution is 2.46. The monoisotopic (exact) mass is 379 g/mol. The molecule has 2 unspecified atom stereocenters. The number of methoxy groups -OCH3 is 1. The molecule has 0 saturated carbocycles. The van der Waals surface area contributed by atoms with Crippen LogP contribution in [0.3, 0.4) is 0 Å². The minimum Gasteiger partial charge on any atom is -0.497 e. The van der Waals surface area contributed by atoms with Crippen LogP contribution < -0.4 is 4.74 Å². The lowest BCUT2D eigenvalue weighted by Crippen LogP contribution is -2.32. The van der Waals surface area contributed by atoms with Gasteiger partial charge in [0.2, 0.25) is 5.91 Å². The minimum atomic E-state index is -0.469. The molecule has 0 bridgehead atoms. The second-order valence-electron chi connectivity index (χ2n) is 7.01. The molecule has 7 nitrogen and oxygen atoms in total. The largest absolute Gasteiger partial charge is 0.497 e. The molecule has 1 heterocycles. The van der Waals surface area contributed by atoms with Gasteiger partial charge in [-0.1, -0.05) is 25.1 Å². The second kappa shape index (κ2) is 7.07. The van der Waals surface area contributed by atoms with Gasteiger partial charge in [-0.25, -0.2) is 5.01 Å². The summed E-state index contributed by atoms with van der Waals surface area (Å²) in [6.07, 6.45) is 1.89. The zero-order valence-electron chi connectivity index (χ0n) is 15.8. The highest BCUT2D eigenvalue weighted by atomic mass is 16.6. The number of amides is 1. The number of benzene rings is 2. The molecule has 0 spiro atoms. The first-order chi connectivity index (χ1) is 13.5. The van der Waals surface area contributed by atoms with E-state index in [-0.39, 0.29) is 28.9 Å². The molecule has 0 aromatic heterocycles. The molecule has 28 heavy (non-hydrogen) atoms. The van der Waals surface area contributed by atoms with E-state index in [1.54, 1.807) is 32.2 Å². The van der Waals surface area contributed by atoms with Gasteiger partial charge in [-0.2, -0.15) is 5.10 Å². The standard InChI is InChI=1S/C21H21N3O4/c1-3-19(25)23-21(15-6-4-5-7-18(15)24(26)27)16-11-9-13-8-10-14(28-2)12-17(13)20(16)22-23/h4-8,10,12,16,21H,3,9,11H2,1-2H3. The number of carbonyl (C=O) groups is 1. The van der Waals surface area contributed by atoms with Gasteiger partial charge in [-0.05, 0) is 36.6 Å². The van der Waals surface area contributed by atoms with Crippen molar-refractivity contribution in [3.63, 3.8) is 0 Å². The summed E-state index contributed by atoms with van der Waals surface area (Å²) in [5, 5.41) is 17.7. The SMILES string of the molecule is CCC(=O)N1N=C2c3cc(OC)ccc3CCC2C1c1ccccc1[N+](=O)[O-]. The Morgan fingerprint density at radius 1 is 1.32 bits per heavy atom. The highest BCUT2D eigenvalue weighted by molar-refractivity contribution is 6.07. The number of para-hydroxylation sites is 1. The van der Waals surface area contributed by atoms with Crippen LogP contribution in [0, 0.1) is 16.0 Å². The van der Waals surface area contributed by atoms with Gasteiger partial charge in [-0.3, -0.25) is 14.9 Å². The summed E-state index contributed by atoms with van der Waals surface area (Å²) in [5.74, 6) is 0.496. The number of rotatable bonds is 4. The number of nitro groups is 1. The van der Waals surface area contributed by atoms with E-state index in [0.29, 0.717) is 5.56 Å². The Labute approximate surface area is 162 Å². The van der Waals surface area contributed by atoms with Crippen molar-refractivity contribution in [3.05, 3.63) is 69.3 Å². The first-order valence-electron chi connectivity index (χ1n) is 9.36. The van der Waals surface area contributed by atoms with Gasteiger partial charge >= 0.3 is 0 Å². The van der Waals surface area contributed by atoms with Crippen molar-refractivity contribution in [3.8, 4) is 5.75 Å². The average Bonchev–Trinajstić information content (AvgIpc) is 3.12. The van der Waals surface area contributed by atoms with E-state index in [4.69, 9.17) is 4.74 Å². The smallest absolute Gasteiger partial charge is 0.274 e. The molecule has 1 aliphatic heterocycles. The first kappa shape index (κ1) is 18.2. The normalized spacial score (nSPS) is 20.2. The van der Waals surface area contributed by atoms with Crippen molar-refractivity contribution in [1.29, 1.82) is 0 Å². The molecule has 2 aromatic carbocycles. The van der Waals surface area contributed by atoms with Crippen LogP contribution in [0.2, 0.25) is 0 Å². The maximum atomic E-state index is 12.7. The van der Waals surface area contributed by atoms with Crippen molar-refractivity contribution in [2.75, 3.05) is 7.11 Å². The van der Waals surface area contributed by atoms with Crippen LogP contribution in [0.25, 0.3) is 0 Å². The number of nitro benzene ring substituents is 1. The zero-order valence-corrected chi connectivity index (χ0v) is 15.8. The quantitative estimate of drug-likeness (QED) is 0.596. The molecule has 0 radical (unpaired) electrons. The highest BCUT2D eigenvalue weighted by Gasteiger charge is 2.45. The zero-order chi connectivity index (χ0) is 19.8. The first-order valence-corrected chi connectivity index (χ1v) is 9.36. The Hall–Kier alpha value is -3.22. The molecule has 1 amide bonds. The third-order valence-corrected chi connectivity index (χ3v) is 5.54. The van der Waals surface area contributed by atoms with Crippen molar-refractivity contribution in [1.82, 2.24) is 5.01 Å². The summed E-state index contributed by atoms with van der Waals surface area (Å²) in [7, 11) is 1.61. The van der Waals surface area contributed by atoms with Gasteiger partial charge in [0, 0.05) is 24.0 Å². The van der Waals surface area contributed by atoms with Crippen molar-refractivity contribution >= 4 is 17.3 Å². The number of aryl methyl sites for hydroxylation is 1. The van der Waals surface area contributed by atoms with Crippen LogP contribution in [0.4, 0.5) is 5.69 Å². The van der Waals surface area contributed by atoms with Gasteiger partial charge in [0.25, 0.3) is 5.69 Å². The molecule has 1 aliphatic carbocycles. The molecular weight excluding hydrogens is 358 g/mol. The van der Waals surface area contributed by atoms with Crippen molar-refractivity contribution < 1.29 is 14.5 Å². The second-order valence-corrected chi connectivity index (χ2v) is 7.01. The number of hydrogen-bond acceptors (Lipinski definition) is 5. The molecule has 0 N–H and O–H groups in total. The molecular formula is C21H21N3O4. The topological polar surface area (TPSA) is 85.0 Å². The number of carbonyl (C=O) groups excluding carboxylic acids is 1. The fourth-order valence-electron chi connectivity index (χ4n) is 4.20. The third kappa shape index (κ3) is 2.83. The lowest BCUT2D eigenvalue weighted by molar-refractivity contribution is -0.386. The predicted molar refractivity (Wildman–Crippen MR) is 104 cm³/mol. The minimum absolute atomic E-state index is 0.0225. The third-order valence-electron chi connectivity index (χ3n) is 5.54. The van der Waals surface area contributed by atoms with Gasteiger partial charge < -0.3 is 4.74 Å². The lowest BCUT2D eigenvalue weighted by Gasteiger charge is -2.29. The van der Waals surface area contributed by atoms with Crippen molar-refractivity contribution in [2.24, 2.45) is 11.0 Å². The molecule has 2 aliphatic rings.